The van der Waals surface area contributed by atoms with Crippen LogP contribution in [-0.2, 0) is 42.6 Å². The molecule has 9 nitrogen and oxygen atoms in total. The smallest absolute Gasteiger partial charge is 0.343 e. The second-order valence-electron chi connectivity index (χ2n) is 8.93. The van der Waals surface area contributed by atoms with Gasteiger partial charge in [-0.2, -0.15) is 0 Å². The van der Waals surface area contributed by atoms with Gasteiger partial charge in [-0.15, -0.1) is 0 Å². The van der Waals surface area contributed by atoms with Crippen LogP contribution in [0.15, 0.2) is 16.9 Å². The number of anilines is 1. The first-order chi connectivity index (χ1) is 17.2. The van der Waals surface area contributed by atoms with Crippen LogP contribution in [-0.4, -0.2) is 33.1 Å². The van der Waals surface area contributed by atoms with E-state index in [1.165, 1.54) is 10.6 Å². The van der Waals surface area contributed by atoms with Gasteiger partial charge in [-0.05, 0) is 31.4 Å². The molecule has 2 aromatic heterocycles. The van der Waals surface area contributed by atoms with Crippen LogP contribution in [0.3, 0.4) is 0 Å². The summed E-state index contributed by atoms with van der Waals surface area (Å²) in [6, 6.07) is 2.93. The molecule has 2 aliphatic rings. The Morgan fingerprint density at radius 3 is 2.75 bits per heavy atom. The summed E-state index contributed by atoms with van der Waals surface area (Å²) in [7, 11) is 0. The van der Waals surface area contributed by atoms with Gasteiger partial charge < -0.3 is 22.8 Å². The van der Waals surface area contributed by atoms with Gasteiger partial charge in [0.25, 0.3) is 11.5 Å². The Bertz CT molecular complexity index is 1540. The fraction of sp³-hybridized carbons (Fsp3) is 0.360. The summed E-state index contributed by atoms with van der Waals surface area (Å²) in [5, 5.41) is 14.4. The average Bonchev–Trinajstić information content (AvgIpc) is 3.22. The molecule has 0 saturated heterocycles. The first-order valence-electron chi connectivity index (χ1n) is 11.5. The maximum Gasteiger partial charge on any atom is 0.343 e. The number of pyridine rings is 2. The average molecular weight is 607 g/mol. The molecule has 36 heavy (non-hydrogen) atoms. The number of carbonyl (C=O) groups excluding carboxylic acids is 2. The lowest BCUT2D eigenvalue weighted by Crippen LogP contribution is -2.44. The van der Waals surface area contributed by atoms with Gasteiger partial charge in [-0.3, -0.25) is 9.59 Å². The number of aromatic nitrogens is 2. The minimum Gasteiger partial charge on any atom is -0.458 e. The molecule has 0 saturated carbocycles. The molecule has 0 fully saturated rings. The Hall–Kier alpha value is -2.90. The summed E-state index contributed by atoms with van der Waals surface area (Å²) in [5.74, 6) is -1.77. The summed E-state index contributed by atoms with van der Waals surface area (Å²) in [4.78, 5) is 42.9. The summed E-state index contributed by atoms with van der Waals surface area (Å²) in [6.07, 6.45) is 0.565. The lowest BCUT2D eigenvalue weighted by molar-refractivity contribution is -0.172. The number of amides is 1. The first kappa shape index (κ1) is 24.8. The molecule has 5 rings (SSSR count). The monoisotopic (exact) mass is 607 g/mol. The molecule has 1 aromatic carbocycles. The molecule has 4 heterocycles. The van der Waals surface area contributed by atoms with E-state index in [0.717, 1.165) is 11.1 Å². The van der Waals surface area contributed by atoms with Crippen molar-refractivity contribution in [1.82, 2.24) is 9.55 Å². The maximum absolute atomic E-state index is 14.9. The first-order valence-corrected chi connectivity index (χ1v) is 12.4. The molecule has 0 spiro atoms. The van der Waals surface area contributed by atoms with Crippen molar-refractivity contribution in [2.24, 2.45) is 0 Å². The number of aliphatic hydroxyl groups is 1. The summed E-state index contributed by atoms with van der Waals surface area (Å²) in [5.41, 5.74) is 1.56. The lowest BCUT2D eigenvalue weighted by Gasteiger charge is -2.31. The fourth-order valence-corrected chi connectivity index (χ4v) is 5.46. The molecular weight excluding hydrogens is 584 g/mol. The maximum atomic E-state index is 14.9. The number of halogens is 2. The van der Waals surface area contributed by atoms with Gasteiger partial charge in [0, 0.05) is 28.1 Å². The Labute approximate surface area is 219 Å². The minimum atomic E-state index is -1.93. The predicted molar refractivity (Wildman–Crippen MR) is 137 cm³/mol. The number of benzene rings is 1. The highest BCUT2D eigenvalue weighted by atomic mass is 127. The van der Waals surface area contributed by atoms with Crippen LogP contribution in [0.25, 0.3) is 22.3 Å². The second kappa shape index (κ2) is 8.89. The number of hydrogen-bond acceptors (Lipinski definition) is 7. The van der Waals surface area contributed by atoms with E-state index in [4.69, 9.17) is 12.8 Å². The van der Waals surface area contributed by atoms with Crippen LogP contribution < -0.4 is 10.9 Å². The predicted octanol–water partition coefficient (Wildman–Crippen LogP) is 3.39. The molecule has 0 bridgehead atoms. The highest BCUT2D eigenvalue weighted by Gasteiger charge is 2.45. The molecule has 2 N–H and O–H groups in total. The SMILES string of the molecule is CCc1c2c(nc3cc(F)c(C)c(NC(=O)COI)c13)-c1cc3c(c(=O)n1C2)COC(=O)[C@]3(O)CC. The molecular formula is C25H23FIN3O6. The molecule has 3 aromatic rings. The quantitative estimate of drug-likeness (QED) is 0.264. The number of nitrogens with one attached hydrogen (secondary N) is 1. The van der Waals surface area contributed by atoms with Crippen LogP contribution in [0.5, 0.6) is 0 Å². The Balaban J connectivity index is 1.80. The number of aryl methyl sites for hydroxylation is 1. The number of fused-ring (bicyclic) bond motifs is 5. The van der Waals surface area contributed by atoms with Gasteiger partial charge in [0.15, 0.2) is 5.60 Å². The van der Waals surface area contributed by atoms with Crippen LogP contribution in [0, 0.1) is 12.7 Å². The third-order valence-electron chi connectivity index (χ3n) is 7.09. The van der Waals surface area contributed by atoms with Gasteiger partial charge in [-0.25, -0.2) is 14.2 Å². The van der Waals surface area contributed by atoms with E-state index in [0.29, 0.717) is 34.4 Å². The number of hydrogen-bond donors (Lipinski definition) is 2. The second-order valence-corrected chi connectivity index (χ2v) is 9.55. The fourth-order valence-electron chi connectivity index (χ4n) is 5.18. The van der Waals surface area contributed by atoms with Crippen molar-refractivity contribution in [3.05, 3.63) is 56.1 Å². The third-order valence-corrected chi connectivity index (χ3v) is 7.40. The molecule has 2 aliphatic heterocycles. The van der Waals surface area contributed by atoms with Crippen LogP contribution in [0.2, 0.25) is 0 Å². The molecule has 188 valence electrons. The molecule has 0 aliphatic carbocycles. The highest BCUT2D eigenvalue weighted by Crippen LogP contribution is 2.42. The number of carbonyl (C=O) groups is 2. The van der Waals surface area contributed by atoms with Crippen LogP contribution in [0.1, 0.15) is 48.1 Å². The van der Waals surface area contributed by atoms with Gasteiger partial charge in [0.1, 0.15) is 42.0 Å². The van der Waals surface area contributed by atoms with Crippen molar-refractivity contribution in [2.75, 3.05) is 11.9 Å². The van der Waals surface area contributed by atoms with Crippen molar-refractivity contribution in [1.29, 1.82) is 0 Å². The number of rotatable bonds is 5. The van der Waals surface area contributed by atoms with E-state index in [2.05, 4.69) is 5.32 Å². The number of nitrogens with zero attached hydrogens (tertiary/aromatic N) is 2. The number of esters is 1. The van der Waals surface area contributed by atoms with Crippen LogP contribution >= 0.6 is 23.0 Å². The molecule has 1 atom stereocenters. The van der Waals surface area contributed by atoms with Crippen molar-refractivity contribution < 1.29 is 26.9 Å². The van der Waals surface area contributed by atoms with E-state index in [1.807, 2.05) is 6.92 Å². The molecule has 0 radical (unpaired) electrons. The van der Waals surface area contributed by atoms with E-state index >= 15 is 0 Å². The lowest BCUT2D eigenvalue weighted by atomic mass is 9.86. The summed E-state index contributed by atoms with van der Waals surface area (Å²) >= 11 is 1.61. The molecule has 1 amide bonds. The summed E-state index contributed by atoms with van der Waals surface area (Å²) < 4.78 is 26.5. The topological polar surface area (TPSA) is 120 Å². The number of cyclic esters (lactones) is 1. The largest absolute Gasteiger partial charge is 0.458 e. The Kier molecular flexibility index (Phi) is 6.12. The van der Waals surface area contributed by atoms with E-state index in [9.17, 15) is 23.9 Å². The zero-order valence-corrected chi connectivity index (χ0v) is 22.0. The van der Waals surface area contributed by atoms with Gasteiger partial charge in [0.2, 0.25) is 0 Å². The normalized spacial score (nSPS) is 18.0. The van der Waals surface area contributed by atoms with E-state index in [1.54, 1.807) is 42.9 Å². The Morgan fingerprint density at radius 2 is 2.08 bits per heavy atom. The van der Waals surface area contributed by atoms with Crippen molar-refractivity contribution in [3.63, 3.8) is 0 Å². The summed E-state index contributed by atoms with van der Waals surface area (Å²) in [6.45, 7) is 4.94. The molecule has 11 heteroatoms. The molecule has 0 unspecified atom stereocenters. The van der Waals surface area contributed by atoms with Crippen molar-refractivity contribution in [2.45, 2.75) is 52.4 Å². The van der Waals surface area contributed by atoms with Crippen LogP contribution in [0.4, 0.5) is 10.1 Å². The van der Waals surface area contributed by atoms with Crippen molar-refractivity contribution in [3.8, 4) is 11.4 Å². The van der Waals surface area contributed by atoms with Gasteiger partial charge in [0.05, 0.1) is 34.7 Å². The zero-order valence-electron chi connectivity index (χ0n) is 19.8. The van der Waals surface area contributed by atoms with E-state index < -0.39 is 23.3 Å². The van der Waals surface area contributed by atoms with Gasteiger partial charge in [-0.1, -0.05) is 13.8 Å². The minimum absolute atomic E-state index is 0.0361. The number of ether oxygens (including phenoxy) is 1. The van der Waals surface area contributed by atoms with Gasteiger partial charge >= 0.3 is 5.97 Å². The van der Waals surface area contributed by atoms with Crippen molar-refractivity contribution >= 4 is 51.5 Å². The Morgan fingerprint density at radius 1 is 1.33 bits per heavy atom. The zero-order chi connectivity index (χ0) is 25.9. The third kappa shape index (κ3) is 3.47. The standard InChI is InChI=1S/C25H23FIN3O6/c1-4-12-13-8-30-18(6-15-14(23(30)32)9-35-24(33)25(15,34)5-2)22(13)28-17-7-16(26)11(3)21(20(12)17)29-19(31)10-36-27/h6-7,34H,4-5,8-10H2,1-3H3,(H,29,31)/t25-/m0/s1. The highest BCUT2D eigenvalue weighted by molar-refractivity contribution is 14.1. The van der Waals surface area contributed by atoms with E-state index in [-0.39, 0.29) is 48.4 Å².